The first-order valence-electron chi connectivity index (χ1n) is 8.43. The number of thiophene rings is 1. The highest BCUT2D eigenvalue weighted by molar-refractivity contribution is 7.15. The van der Waals surface area contributed by atoms with Gasteiger partial charge in [0.25, 0.3) is 5.91 Å². The third-order valence-corrected chi connectivity index (χ3v) is 4.83. The molecule has 0 unspecified atom stereocenters. The van der Waals surface area contributed by atoms with Crippen LogP contribution in [0.3, 0.4) is 0 Å². The molecule has 1 heterocycles. The van der Waals surface area contributed by atoms with Crippen molar-refractivity contribution in [2.45, 2.75) is 6.92 Å². The molecule has 3 aromatic rings. The minimum absolute atomic E-state index is 0.259. The Morgan fingerprint density at radius 2 is 1.74 bits per heavy atom. The number of carbonyl (C=O) groups is 2. The molecule has 2 aromatic carbocycles. The van der Waals surface area contributed by atoms with Crippen LogP contribution in [-0.2, 0) is 4.74 Å². The molecule has 1 N–H and O–H groups in total. The van der Waals surface area contributed by atoms with Gasteiger partial charge in [0, 0.05) is 16.5 Å². The van der Waals surface area contributed by atoms with Crippen LogP contribution < -0.4 is 10.1 Å². The lowest BCUT2D eigenvalue weighted by atomic mass is 10.0. The van der Waals surface area contributed by atoms with E-state index < -0.39 is 5.97 Å². The summed E-state index contributed by atoms with van der Waals surface area (Å²) < 4.78 is 10.3. The number of ether oxygens (including phenoxy) is 2. The second kappa shape index (κ2) is 8.51. The minimum Gasteiger partial charge on any atom is -0.497 e. The molecule has 0 bridgehead atoms. The number of hydrogen-bond acceptors (Lipinski definition) is 5. The lowest BCUT2D eigenvalue weighted by Gasteiger charge is -2.09. The molecule has 138 valence electrons. The van der Waals surface area contributed by atoms with Crippen molar-refractivity contribution >= 4 is 28.2 Å². The van der Waals surface area contributed by atoms with Crippen LogP contribution in [0, 0.1) is 0 Å². The van der Waals surface area contributed by atoms with Crippen LogP contribution in [0.25, 0.3) is 11.1 Å². The van der Waals surface area contributed by atoms with E-state index >= 15 is 0 Å². The fourth-order valence-electron chi connectivity index (χ4n) is 2.60. The molecule has 0 aliphatic carbocycles. The minimum atomic E-state index is -0.456. The average Bonchev–Trinajstić information content (AvgIpc) is 3.12. The van der Waals surface area contributed by atoms with Crippen molar-refractivity contribution in [3.8, 4) is 16.9 Å². The topological polar surface area (TPSA) is 64.6 Å². The molecular formula is C21H19NO4S. The van der Waals surface area contributed by atoms with Gasteiger partial charge in [-0.3, -0.25) is 4.79 Å². The maximum Gasteiger partial charge on any atom is 0.341 e. The van der Waals surface area contributed by atoms with Crippen molar-refractivity contribution in [2.24, 2.45) is 0 Å². The summed E-state index contributed by atoms with van der Waals surface area (Å²) in [6, 6.07) is 16.3. The molecule has 27 heavy (non-hydrogen) atoms. The van der Waals surface area contributed by atoms with Crippen molar-refractivity contribution in [3.05, 3.63) is 71.1 Å². The second-order valence-electron chi connectivity index (χ2n) is 5.62. The number of anilines is 1. The third kappa shape index (κ3) is 4.17. The monoisotopic (exact) mass is 381 g/mol. The molecule has 1 aromatic heterocycles. The molecule has 5 nitrogen and oxygen atoms in total. The summed E-state index contributed by atoms with van der Waals surface area (Å²) in [4.78, 5) is 25.1. The van der Waals surface area contributed by atoms with Crippen molar-refractivity contribution in [1.29, 1.82) is 0 Å². The number of rotatable bonds is 6. The normalized spacial score (nSPS) is 10.3. The first-order valence-corrected chi connectivity index (χ1v) is 9.31. The first kappa shape index (κ1) is 18.7. The highest BCUT2D eigenvalue weighted by Crippen LogP contribution is 2.36. The van der Waals surface area contributed by atoms with Gasteiger partial charge in [-0.1, -0.05) is 30.3 Å². The van der Waals surface area contributed by atoms with Gasteiger partial charge >= 0.3 is 5.97 Å². The summed E-state index contributed by atoms with van der Waals surface area (Å²) in [7, 11) is 1.57. The summed E-state index contributed by atoms with van der Waals surface area (Å²) in [6.07, 6.45) is 0. The number of esters is 1. The number of amides is 1. The number of benzene rings is 2. The van der Waals surface area contributed by atoms with Gasteiger partial charge in [-0.05, 0) is 36.8 Å². The van der Waals surface area contributed by atoms with Crippen LogP contribution >= 0.6 is 11.3 Å². The Bertz CT molecular complexity index is 933. The summed E-state index contributed by atoms with van der Waals surface area (Å²) in [6.45, 7) is 2.01. The van der Waals surface area contributed by atoms with Gasteiger partial charge in [-0.25, -0.2) is 4.79 Å². The maximum absolute atomic E-state index is 12.6. The molecule has 0 atom stereocenters. The van der Waals surface area contributed by atoms with E-state index in [0.29, 0.717) is 21.9 Å². The van der Waals surface area contributed by atoms with Crippen molar-refractivity contribution < 1.29 is 19.1 Å². The lowest BCUT2D eigenvalue weighted by molar-refractivity contribution is 0.0529. The molecule has 3 rings (SSSR count). The molecule has 0 aliphatic heterocycles. The second-order valence-corrected chi connectivity index (χ2v) is 6.50. The van der Waals surface area contributed by atoms with Gasteiger partial charge in [-0.15, -0.1) is 11.3 Å². The maximum atomic E-state index is 12.6. The Hall–Kier alpha value is -3.12. The predicted octanol–water partition coefficient (Wildman–Crippen LogP) is 4.85. The van der Waals surface area contributed by atoms with Crippen molar-refractivity contribution in [2.75, 3.05) is 19.0 Å². The molecule has 0 saturated heterocycles. The third-order valence-electron chi connectivity index (χ3n) is 3.93. The molecule has 1 amide bonds. The Morgan fingerprint density at radius 3 is 2.37 bits per heavy atom. The van der Waals surface area contributed by atoms with Crippen molar-refractivity contribution in [3.63, 3.8) is 0 Å². The molecule has 0 radical (unpaired) electrons. The zero-order valence-corrected chi connectivity index (χ0v) is 15.8. The summed E-state index contributed by atoms with van der Waals surface area (Å²) in [5, 5.41) is 5.15. The van der Waals surface area contributed by atoms with Gasteiger partial charge in [0.05, 0.1) is 13.7 Å². The number of hydrogen-bond donors (Lipinski definition) is 1. The van der Waals surface area contributed by atoms with Crippen LogP contribution in [0.1, 0.15) is 27.6 Å². The molecule has 6 heteroatoms. The first-order chi connectivity index (χ1) is 13.1. The van der Waals surface area contributed by atoms with E-state index in [2.05, 4.69) is 5.32 Å². The van der Waals surface area contributed by atoms with Gasteiger partial charge in [-0.2, -0.15) is 0 Å². The van der Waals surface area contributed by atoms with E-state index in [0.717, 1.165) is 11.1 Å². The Balaban J connectivity index is 1.93. The van der Waals surface area contributed by atoms with E-state index in [4.69, 9.17) is 9.47 Å². The standard InChI is InChI=1S/C21H19NO4S/c1-3-26-21(24)18-17(14-7-5-4-6-8-14)13-27-20(18)22-19(23)15-9-11-16(25-2)12-10-15/h4-13H,3H2,1-2H3,(H,22,23). The quantitative estimate of drug-likeness (QED) is 0.620. The van der Waals surface area contributed by atoms with E-state index in [1.54, 1.807) is 38.3 Å². The largest absolute Gasteiger partial charge is 0.497 e. The van der Waals surface area contributed by atoms with E-state index in [-0.39, 0.29) is 12.5 Å². The van der Waals surface area contributed by atoms with Crippen LogP contribution in [0.5, 0.6) is 5.75 Å². The molecule has 0 aliphatic rings. The fourth-order valence-corrected chi connectivity index (χ4v) is 3.56. The number of carbonyl (C=O) groups excluding carboxylic acids is 2. The van der Waals surface area contributed by atoms with E-state index in [9.17, 15) is 9.59 Å². The average molecular weight is 381 g/mol. The van der Waals surface area contributed by atoms with E-state index in [1.807, 2.05) is 35.7 Å². The smallest absolute Gasteiger partial charge is 0.341 e. The number of methoxy groups -OCH3 is 1. The van der Waals surface area contributed by atoms with Gasteiger partial charge in [0.15, 0.2) is 0 Å². The van der Waals surface area contributed by atoms with Gasteiger partial charge in [0.1, 0.15) is 16.3 Å². The highest BCUT2D eigenvalue weighted by Gasteiger charge is 2.23. The van der Waals surface area contributed by atoms with Crippen LogP contribution in [-0.4, -0.2) is 25.6 Å². The molecule has 0 saturated carbocycles. The van der Waals surface area contributed by atoms with Gasteiger partial charge in [0.2, 0.25) is 0 Å². The van der Waals surface area contributed by atoms with Crippen LogP contribution in [0.15, 0.2) is 60.0 Å². The van der Waals surface area contributed by atoms with Crippen molar-refractivity contribution in [1.82, 2.24) is 0 Å². The lowest BCUT2D eigenvalue weighted by Crippen LogP contribution is -2.14. The molecule has 0 spiro atoms. The molecule has 0 fully saturated rings. The Kier molecular flexibility index (Phi) is 5.88. The Labute approximate surface area is 161 Å². The van der Waals surface area contributed by atoms with Crippen LogP contribution in [0.2, 0.25) is 0 Å². The number of nitrogens with one attached hydrogen (secondary N) is 1. The zero-order chi connectivity index (χ0) is 19.2. The highest BCUT2D eigenvalue weighted by atomic mass is 32.1. The SMILES string of the molecule is CCOC(=O)c1c(-c2ccccc2)csc1NC(=O)c1ccc(OC)cc1. The predicted molar refractivity (Wildman–Crippen MR) is 107 cm³/mol. The fraction of sp³-hybridized carbons (Fsp3) is 0.143. The summed E-state index contributed by atoms with van der Waals surface area (Å²) in [5.74, 6) is -0.0893. The Morgan fingerprint density at radius 1 is 1.04 bits per heavy atom. The van der Waals surface area contributed by atoms with E-state index in [1.165, 1.54) is 11.3 Å². The zero-order valence-electron chi connectivity index (χ0n) is 15.0. The van der Waals surface area contributed by atoms with Gasteiger partial charge < -0.3 is 14.8 Å². The van der Waals surface area contributed by atoms with Crippen LogP contribution in [0.4, 0.5) is 5.00 Å². The summed E-state index contributed by atoms with van der Waals surface area (Å²) in [5.41, 5.74) is 2.47. The molecular weight excluding hydrogens is 362 g/mol. The summed E-state index contributed by atoms with van der Waals surface area (Å²) >= 11 is 1.30.